The molecule has 9 heteroatoms. The summed E-state index contributed by atoms with van der Waals surface area (Å²) in [4.78, 5) is 10.8. The zero-order chi connectivity index (χ0) is 16.7. The molecule has 0 spiro atoms. The maximum absolute atomic E-state index is 13.0. The molecule has 0 atom stereocenters. The van der Waals surface area contributed by atoms with E-state index in [2.05, 4.69) is 25.3 Å². The first kappa shape index (κ1) is 15.1. The van der Waals surface area contributed by atoms with Crippen molar-refractivity contribution in [2.75, 3.05) is 31.1 Å². The highest BCUT2D eigenvalue weighted by Crippen LogP contribution is 2.32. The monoisotopic (exact) mass is 336 g/mol. The van der Waals surface area contributed by atoms with Crippen LogP contribution in [-0.4, -0.2) is 45.8 Å². The van der Waals surface area contributed by atoms with Gasteiger partial charge in [0, 0.05) is 25.0 Å². The number of benzene rings is 1. The molecule has 0 unspecified atom stereocenters. The van der Waals surface area contributed by atoms with Gasteiger partial charge in [-0.05, 0) is 31.2 Å². The van der Waals surface area contributed by atoms with Gasteiger partial charge < -0.3 is 10.2 Å². The molecule has 1 aromatic carbocycles. The highest BCUT2D eigenvalue weighted by molar-refractivity contribution is 5.92. The third kappa shape index (κ3) is 2.54. The van der Waals surface area contributed by atoms with Gasteiger partial charge in [-0.25, -0.2) is 9.97 Å². The van der Waals surface area contributed by atoms with E-state index in [4.69, 9.17) is 0 Å². The second kappa shape index (κ2) is 5.59. The van der Waals surface area contributed by atoms with Gasteiger partial charge >= 0.3 is 6.18 Å². The third-order valence-corrected chi connectivity index (χ3v) is 4.15. The van der Waals surface area contributed by atoms with Gasteiger partial charge in [0.25, 0.3) is 0 Å². The minimum atomic E-state index is -4.40. The van der Waals surface area contributed by atoms with Crippen LogP contribution in [0, 0.1) is 0 Å². The van der Waals surface area contributed by atoms with Crippen molar-refractivity contribution in [2.24, 2.45) is 0 Å². The van der Waals surface area contributed by atoms with Gasteiger partial charge in [0.2, 0.25) is 5.95 Å². The van der Waals surface area contributed by atoms with E-state index >= 15 is 0 Å². The zero-order valence-corrected chi connectivity index (χ0v) is 12.7. The Kier molecular flexibility index (Phi) is 3.52. The lowest BCUT2D eigenvalue weighted by Crippen LogP contribution is -2.30. The van der Waals surface area contributed by atoms with Gasteiger partial charge in [0.05, 0.1) is 11.1 Å². The second-order valence-electron chi connectivity index (χ2n) is 5.73. The van der Waals surface area contributed by atoms with E-state index in [1.165, 1.54) is 16.9 Å². The minimum absolute atomic E-state index is 0.346. The van der Waals surface area contributed by atoms with Crippen LogP contribution in [0.4, 0.5) is 19.1 Å². The highest BCUT2D eigenvalue weighted by Gasteiger charge is 2.31. The second-order valence-corrected chi connectivity index (χ2v) is 5.73. The number of anilines is 1. The van der Waals surface area contributed by atoms with Crippen molar-refractivity contribution in [3.63, 3.8) is 0 Å². The molecule has 0 bridgehead atoms. The van der Waals surface area contributed by atoms with Crippen molar-refractivity contribution in [1.82, 2.24) is 24.9 Å². The van der Waals surface area contributed by atoms with E-state index in [0.717, 1.165) is 44.7 Å². The van der Waals surface area contributed by atoms with Crippen LogP contribution in [0.1, 0.15) is 12.0 Å². The Balaban J connectivity index is 1.91. The topological polar surface area (TPSA) is 58.4 Å². The van der Waals surface area contributed by atoms with Crippen molar-refractivity contribution < 1.29 is 13.2 Å². The van der Waals surface area contributed by atoms with Gasteiger partial charge in [-0.1, -0.05) is 0 Å². The average molecular weight is 336 g/mol. The molecule has 1 N–H and O–H groups in total. The summed E-state index contributed by atoms with van der Waals surface area (Å²) < 4.78 is 40.5. The molecule has 24 heavy (non-hydrogen) atoms. The first-order valence-electron chi connectivity index (χ1n) is 7.70. The summed E-state index contributed by atoms with van der Waals surface area (Å²) in [7, 11) is 0. The zero-order valence-electron chi connectivity index (χ0n) is 12.7. The molecular formula is C15H15F3N6. The number of alkyl halides is 3. The van der Waals surface area contributed by atoms with Crippen molar-refractivity contribution in [3.8, 4) is 0 Å². The van der Waals surface area contributed by atoms with Crippen LogP contribution in [0.5, 0.6) is 0 Å². The third-order valence-electron chi connectivity index (χ3n) is 4.15. The molecular weight excluding hydrogens is 321 g/mol. The Morgan fingerprint density at radius 1 is 1.12 bits per heavy atom. The normalized spacial score (nSPS) is 16.7. The lowest BCUT2D eigenvalue weighted by molar-refractivity contribution is -0.137. The number of nitrogens with zero attached hydrogens (tertiary/aromatic N) is 5. The van der Waals surface area contributed by atoms with Gasteiger partial charge in [0.15, 0.2) is 5.65 Å². The summed E-state index contributed by atoms with van der Waals surface area (Å²) in [5.74, 6) is 0.610. The Labute approximate surface area is 135 Å². The molecule has 6 nitrogen and oxygen atoms in total. The quantitative estimate of drug-likeness (QED) is 0.737. The van der Waals surface area contributed by atoms with Crippen LogP contribution in [0.15, 0.2) is 24.5 Å². The fourth-order valence-corrected chi connectivity index (χ4v) is 2.97. The first-order valence-corrected chi connectivity index (χ1v) is 7.70. The smallest absolute Gasteiger partial charge is 0.339 e. The van der Waals surface area contributed by atoms with Crippen molar-refractivity contribution in [1.29, 1.82) is 0 Å². The van der Waals surface area contributed by atoms with Crippen LogP contribution in [0.3, 0.4) is 0 Å². The summed E-state index contributed by atoms with van der Waals surface area (Å²) >= 11 is 0. The summed E-state index contributed by atoms with van der Waals surface area (Å²) in [6.07, 6.45) is -2.10. The van der Waals surface area contributed by atoms with Crippen molar-refractivity contribution in [3.05, 3.63) is 30.1 Å². The Hall–Kier alpha value is -2.42. The summed E-state index contributed by atoms with van der Waals surface area (Å²) in [5, 5.41) is 7.82. The standard InChI is InChI=1S/C15H15F3N6/c16-15(17,18)10-2-3-12-11(8-10)13-20-9-21-24(13)14(22-12)23-6-1-4-19-5-7-23/h2-3,8-9,19H,1,4-7H2. The molecule has 1 aliphatic heterocycles. The van der Waals surface area contributed by atoms with Crippen molar-refractivity contribution >= 4 is 22.5 Å². The number of nitrogens with one attached hydrogen (secondary N) is 1. The van der Waals surface area contributed by atoms with E-state index in [-0.39, 0.29) is 0 Å². The molecule has 1 saturated heterocycles. The number of hydrogen-bond acceptors (Lipinski definition) is 5. The maximum Gasteiger partial charge on any atom is 0.416 e. The van der Waals surface area contributed by atoms with E-state index in [1.54, 1.807) is 0 Å². The summed E-state index contributed by atoms with van der Waals surface area (Å²) in [6, 6.07) is 3.53. The Morgan fingerprint density at radius 2 is 2.00 bits per heavy atom. The highest BCUT2D eigenvalue weighted by atomic mass is 19.4. The maximum atomic E-state index is 13.0. The predicted molar refractivity (Wildman–Crippen MR) is 83.0 cm³/mol. The van der Waals surface area contributed by atoms with Gasteiger partial charge in [-0.15, -0.1) is 0 Å². The molecule has 2 aromatic heterocycles. The SMILES string of the molecule is FC(F)(F)c1ccc2nc(N3CCCNCC3)n3ncnc3c2c1. The number of aromatic nitrogens is 4. The first-order chi connectivity index (χ1) is 11.5. The molecule has 0 saturated carbocycles. The minimum Gasteiger partial charge on any atom is -0.339 e. The largest absolute Gasteiger partial charge is 0.416 e. The van der Waals surface area contributed by atoms with E-state index in [0.29, 0.717) is 22.5 Å². The van der Waals surface area contributed by atoms with E-state index < -0.39 is 11.7 Å². The molecule has 0 amide bonds. The molecule has 0 aliphatic carbocycles. The Morgan fingerprint density at radius 3 is 2.83 bits per heavy atom. The lowest BCUT2D eigenvalue weighted by Gasteiger charge is -2.21. The van der Waals surface area contributed by atoms with E-state index in [9.17, 15) is 13.2 Å². The molecule has 1 fully saturated rings. The van der Waals surface area contributed by atoms with Gasteiger partial charge in [0.1, 0.15) is 6.33 Å². The summed E-state index contributed by atoms with van der Waals surface area (Å²) in [6.45, 7) is 3.32. The lowest BCUT2D eigenvalue weighted by atomic mass is 10.1. The average Bonchev–Trinajstić information content (AvgIpc) is 2.89. The molecule has 3 aromatic rings. The molecule has 0 radical (unpaired) electrons. The van der Waals surface area contributed by atoms with Crippen LogP contribution < -0.4 is 10.2 Å². The molecule has 3 heterocycles. The van der Waals surface area contributed by atoms with E-state index in [1.807, 2.05) is 0 Å². The van der Waals surface area contributed by atoms with Crippen LogP contribution in [-0.2, 0) is 6.18 Å². The van der Waals surface area contributed by atoms with Crippen molar-refractivity contribution in [2.45, 2.75) is 12.6 Å². The number of hydrogen-bond donors (Lipinski definition) is 1. The summed E-state index contributed by atoms with van der Waals surface area (Å²) in [5.41, 5.74) is 0.155. The fraction of sp³-hybridized carbons (Fsp3) is 0.400. The van der Waals surface area contributed by atoms with Gasteiger partial charge in [-0.3, -0.25) is 0 Å². The molecule has 1 aliphatic rings. The number of fused-ring (bicyclic) bond motifs is 3. The van der Waals surface area contributed by atoms with Crippen LogP contribution in [0.2, 0.25) is 0 Å². The van der Waals surface area contributed by atoms with Gasteiger partial charge in [-0.2, -0.15) is 22.8 Å². The molecule has 126 valence electrons. The number of rotatable bonds is 1. The number of halogens is 3. The predicted octanol–water partition coefficient (Wildman–Crippen LogP) is 2.10. The van der Waals surface area contributed by atoms with Crippen LogP contribution >= 0.6 is 0 Å². The Bertz CT molecular complexity index is 880. The fourth-order valence-electron chi connectivity index (χ4n) is 2.97. The molecule has 4 rings (SSSR count). The van der Waals surface area contributed by atoms with Crippen LogP contribution in [0.25, 0.3) is 16.6 Å².